The standard InChI is InChI=1S/C23H19ClN4O3/c1-14-5-10-18(15(2)12-14)22(29)25-26-23(30)19-13-20(21-4-3-11-31-21)28(27-19)17-8-6-16(24)7-9-17/h3-13H,1-2H3,(H,25,29)(H,26,30). The van der Waals surface area contributed by atoms with E-state index >= 15 is 0 Å². The molecule has 8 heteroatoms. The van der Waals surface area contributed by atoms with E-state index in [1.165, 1.54) is 0 Å². The van der Waals surface area contributed by atoms with Gasteiger partial charge in [0, 0.05) is 16.7 Å². The van der Waals surface area contributed by atoms with E-state index in [9.17, 15) is 9.59 Å². The quantitative estimate of drug-likeness (QED) is 0.463. The second-order valence-corrected chi connectivity index (χ2v) is 7.44. The Kier molecular flexibility index (Phi) is 5.60. The lowest BCUT2D eigenvalue weighted by molar-refractivity contribution is 0.0843. The third kappa shape index (κ3) is 4.36. The molecule has 4 aromatic rings. The molecule has 0 spiro atoms. The smallest absolute Gasteiger partial charge is 0.290 e. The third-order valence-electron chi connectivity index (χ3n) is 4.70. The lowest BCUT2D eigenvalue weighted by Gasteiger charge is -2.09. The molecule has 2 heterocycles. The van der Waals surface area contributed by atoms with E-state index in [2.05, 4.69) is 16.0 Å². The summed E-state index contributed by atoms with van der Waals surface area (Å²) in [4.78, 5) is 25.1. The highest BCUT2D eigenvalue weighted by Crippen LogP contribution is 2.25. The number of nitrogens with one attached hydrogen (secondary N) is 2. The molecule has 0 radical (unpaired) electrons. The van der Waals surface area contributed by atoms with Crippen molar-refractivity contribution in [3.8, 4) is 17.1 Å². The van der Waals surface area contributed by atoms with Gasteiger partial charge < -0.3 is 4.42 Å². The number of hydrogen-bond donors (Lipinski definition) is 2. The molecule has 0 aliphatic rings. The molecule has 156 valence electrons. The SMILES string of the molecule is Cc1ccc(C(=O)NNC(=O)c2cc(-c3ccco3)n(-c3ccc(Cl)cc3)n2)c(C)c1. The molecule has 0 atom stereocenters. The van der Waals surface area contributed by atoms with Crippen LogP contribution in [0.3, 0.4) is 0 Å². The maximum absolute atomic E-state index is 12.7. The van der Waals surface area contributed by atoms with Crippen LogP contribution in [0.15, 0.2) is 71.3 Å². The molecule has 0 saturated heterocycles. The van der Waals surface area contributed by atoms with Crippen LogP contribution < -0.4 is 10.9 Å². The summed E-state index contributed by atoms with van der Waals surface area (Å²) < 4.78 is 7.07. The van der Waals surface area contributed by atoms with Crippen LogP contribution in [0, 0.1) is 13.8 Å². The van der Waals surface area contributed by atoms with Crippen LogP contribution in [0.1, 0.15) is 32.0 Å². The van der Waals surface area contributed by atoms with E-state index in [4.69, 9.17) is 16.0 Å². The van der Waals surface area contributed by atoms with Crippen LogP contribution in [-0.2, 0) is 0 Å². The maximum atomic E-state index is 12.7. The highest BCUT2D eigenvalue weighted by Gasteiger charge is 2.19. The number of halogens is 1. The van der Waals surface area contributed by atoms with Gasteiger partial charge in [-0.05, 0) is 61.9 Å². The highest BCUT2D eigenvalue weighted by atomic mass is 35.5. The summed E-state index contributed by atoms with van der Waals surface area (Å²) in [6.07, 6.45) is 1.54. The molecule has 0 bridgehead atoms. The summed E-state index contributed by atoms with van der Waals surface area (Å²) in [6.45, 7) is 3.79. The number of nitrogens with zero attached hydrogens (tertiary/aromatic N) is 2. The topological polar surface area (TPSA) is 89.2 Å². The summed E-state index contributed by atoms with van der Waals surface area (Å²) in [6, 6.07) is 17.6. The molecule has 0 aliphatic carbocycles. The Hall–Kier alpha value is -3.84. The van der Waals surface area contributed by atoms with E-state index in [1.54, 1.807) is 59.5 Å². The molecule has 0 saturated carbocycles. The fourth-order valence-corrected chi connectivity index (χ4v) is 3.31. The van der Waals surface area contributed by atoms with Gasteiger partial charge in [-0.1, -0.05) is 29.3 Å². The zero-order chi connectivity index (χ0) is 22.0. The van der Waals surface area contributed by atoms with Crippen LogP contribution in [0.25, 0.3) is 17.1 Å². The van der Waals surface area contributed by atoms with Gasteiger partial charge in [0.25, 0.3) is 11.8 Å². The first-order chi connectivity index (χ1) is 14.9. The fourth-order valence-electron chi connectivity index (χ4n) is 3.18. The summed E-state index contributed by atoms with van der Waals surface area (Å²) in [5.41, 5.74) is 8.61. The van der Waals surface area contributed by atoms with E-state index in [1.807, 2.05) is 26.0 Å². The van der Waals surface area contributed by atoms with Crippen molar-refractivity contribution in [2.24, 2.45) is 0 Å². The van der Waals surface area contributed by atoms with Gasteiger partial charge in [-0.2, -0.15) is 5.10 Å². The lowest BCUT2D eigenvalue weighted by Crippen LogP contribution is -2.42. The first kappa shape index (κ1) is 20.4. The molecule has 31 heavy (non-hydrogen) atoms. The van der Waals surface area contributed by atoms with Crippen LogP contribution >= 0.6 is 11.6 Å². The van der Waals surface area contributed by atoms with Crippen molar-refractivity contribution in [1.29, 1.82) is 0 Å². The summed E-state index contributed by atoms with van der Waals surface area (Å²) >= 11 is 5.98. The van der Waals surface area contributed by atoms with Crippen LogP contribution in [-0.4, -0.2) is 21.6 Å². The number of amides is 2. The largest absolute Gasteiger partial charge is 0.463 e. The summed E-state index contributed by atoms with van der Waals surface area (Å²) in [5.74, 6) is -0.423. The average molecular weight is 435 g/mol. The van der Waals surface area contributed by atoms with Crippen molar-refractivity contribution < 1.29 is 14.0 Å². The maximum Gasteiger partial charge on any atom is 0.290 e. The Bertz CT molecular complexity index is 1240. The average Bonchev–Trinajstić information content (AvgIpc) is 3.42. The fraction of sp³-hybridized carbons (Fsp3) is 0.0870. The predicted molar refractivity (Wildman–Crippen MR) is 117 cm³/mol. The minimum absolute atomic E-state index is 0.113. The molecule has 0 fully saturated rings. The van der Waals surface area contributed by atoms with Gasteiger partial charge in [-0.15, -0.1) is 0 Å². The molecule has 2 amide bonds. The van der Waals surface area contributed by atoms with E-state index in [0.29, 0.717) is 27.7 Å². The zero-order valence-electron chi connectivity index (χ0n) is 16.8. The predicted octanol–water partition coefficient (Wildman–Crippen LogP) is 4.48. The number of rotatable bonds is 4. The Morgan fingerprint density at radius 2 is 1.71 bits per heavy atom. The zero-order valence-corrected chi connectivity index (χ0v) is 17.6. The van der Waals surface area contributed by atoms with Crippen LogP contribution in [0.5, 0.6) is 0 Å². The van der Waals surface area contributed by atoms with Gasteiger partial charge >= 0.3 is 0 Å². The Labute approximate surface area is 183 Å². The Morgan fingerprint density at radius 3 is 2.39 bits per heavy atom. The molecule has 2 aromatic heterocycles. The number of furan rings is 1. The normalized spacial score (nSPS) is 10.7. The molecule has 4 rings (SSSR count). The van der Waals surface area contributed by atoms with E-state index in [-0.39, 0.29) is 5.69 Å². The number of carbonyl (C=O) groups excluding carboxylic acids is 2. The first-order valence-corrected chi connectivity index (χ1v) is 9.88. The molecule has 2 aromatic carbocycles. The second kappa shape index (κ2) is 8.49. The molecular weight excluding hydrogens is 416 g/mol. The van der Waals surface area contributed by atoms with Crippen LogP contribution in [0.4, 0.5) is 0 Å². The van der Waals surface area contributed by atoms with Crippen molar-refractivity contribution in [2.75, 3.05) is 0 Å². The molecule has 0 aliphatic heterocycles. The number of aryl methyl sites for hydroxylation is 2. The van der Waals surface area contributed by atoms with Gasteiger partial charge in [-0.3, -0.25) is 20.4 Å². The monoisotopic (exact) mass is 434 g/mol. The van der Waals surface area contributed by atoms with Crippen molar-refractivity contribution >= 4 is 23.4 Å². The lowest BCUT2D eigenvalue weighted by atomic mass is 10.1. The minimum atomic E-state index is -0.557. The van der Waals surface area contributed by atoms with E-state index in [0.717, 1.165) is 11.1 Å². The molecular formula is C23H19ClN4O3. The number of carbonyl (C=O) groups is 2. The molecule has 7 nitrogen and oxygen atoms in total. The first-order valence-electron chi connectivity index (χ1n) is 9.50. The van der Waals surface area contributed by atoms with Crippen molar-refractivity contribution in [2.45, 2.75) is 13.8 Å². The van der Waals surface area contributed by atoms with Crippen molar-refractivity contribution in [1.82, 2.24) is 20.6 Å². The van der Waals surface area contributed by atoms with Crippen LogP contribution in [0.2, 0.25) is 5.02 Å². The molecule has 0 unspecified atom stereocenters. The summed E-state index contributed by atoms with van der Waals surface area (Å²) in [5, 5.41) is 4.98. The van der Waals surface area contributed by atoms with E-state index < -0.39 is 11.8 Å². The van der Waals surface area contributed by atoms with Gasteiger partial charge in [0.05, 0.1) is 12.0 Å². The van der Waals surface area contributed by atoms with Gasteiger partial charge in [0.15, 0.2) is 11.5 Å². The third-order valence-corrected chi connectivity index (χ3v) is 4.95. The second-order valence-electron chi connectivity index (χ2n) is 7.01. The van der Waals surface area contributed by atoms with Gasteiger partial charge in [0.1, 0.15) is 5.69 Å². The van der Waals surface area contributed by atoms with Crippen molar-refractivity contribution in [3.05, 3.63) is 94.3 Å². The van der Waals surface area contributed by atoms with Gasteiger partial charge in [0.2, 0.25) is 0 Å². The van der Waals surface area contributed by atoms with Gasteiger partial charge in [-0.25, -0.2) is 4.68 Å². The summed E-state index contributed by atoms with van der Waals surface area (Å²) in [7, 11) is 0. The number of hydrogen-bond acceptors (Lipinski definition) is 4. The number of hydrazine groups is 1. The minimum Gasteiger partial charge on any atom is -0.463 e. The highest BCUT2D eigenvalue weighted by molar-refractivity contribution is 6.30. The Morgan fingerprint density at radius 1 is 0.968 bits per heavy atom. The number of aromatic nitrogens is 2. The van der Waals surface area contributed by atoms with Crippen molar-refractivity contribution in [3.63, 3.8) is 0 Å². The number of benzene rings is 2. The molecule has 2 N–H and O–H groups in total. The Balaban J connectivity index is 1.57.